The number of para-hydroxylation sites is 2. The van der Waals surface area contributed by atoms with E-state index in [0.29, 0.717) is 22.4 Å². The summed E-state index contributed by atoms with van der Waals surface area (Å²) in [6, 6.07) is 15.4. The molecular weight excluding hydrogens is 282 g/mol. The average molecular weight is 293 g/mol. The van der Waals surface area contributed by atoms with Gasteiger partial charge < -0.3 is 9.73 Å². The van der Waals surface area contributed by atoms with Crippen LogP contribution in [0.3, 0.4) is 0 Å². The lowest BCUT2D eigenvalue weighted by molar-refractivity contribution is -0.116. The highest BCUT2D eigenvalue weighted by Crippen LogP contribution is 2.12. The summed E-state index contributed by atoms with van der Waals surface area (Å²) in [4.78, 5) is 23.8. The molecule has 1 amide bonds. The van der Waals surface area contributed by atoms with Gasteiger partial charge in [0, 0.05) is 5.69 Å². The number of benzene rings is 2. The number of nitrogens with zero attached hydrogens (tertiary/aromatic N) is 2. The van der Waals surface area contributed by atoms with E-state index in [1.807, 2.05) is 6.07 Å². The summed E-state index contributed by atoms with van der Waals surface area (Å²) in [5, 5.41) is 11.4. The predicted octanol–water partition coefficient (Wildman–Crippen LogP) is 2.10. The molecule has 108 valence electrons. The third-order valence-corrected chi connectivity index (χ3v) is 3.17. The summed E-state index contributed by atoms with van der Waals surface area (Å²) < 4.78 is 6.34. The molecule has 0 bridgehead atoms. The molecule has 3 rings (SSSR count). The van der Waals surface area contributed by atoms with E-state index in [-0.39, 0.29) is 12.5 Å². The predicted molar refractivity (Wildman–Crippen MR) is 80.3 cm³/mol. The quantitative estimate of drug-likeness (QED) is 0.801. The Morgan fingerprint density at radius 3 is 2.64 bits per heavy atom. The van der Waals surface area contributed by atoms with Crippen LogP contribution in [0.15, 0.2) is 57.7 Å². The fourth-order valence-corrected chi connectivity index (χ4v) is 2.14. The molecule has 0 saturated carbocycles. The number of oxazole rings is 1. The Balaban J connectivity index is 1.80. The number of anilines is 1. The van der Waals surface area contributed by atoms with Gasteiger partial charge in [0.05, 0.1) is 17.1 Å². The third kappa shape index (κ3) is 2.60. The number of nitriles is 1. The van der Waals surface area contributed by atoms with Gasteiger partial charge in [-0.25, -0.2) is 4.79 Å². The fraction of sp³-hybridized carbons (Fsp3) is 0.0625. The van der Waals surface area contributed by atoms with Crippen molar-refractivity contribution in [3.63, 3.8) is 0 Å². The van der Waals surface area contributed by atoms with Gasteiger partial charge in [-0.3, -0.25) is 9.36 Å². The van der Waals surface area contributed by atoms with Gasteiger partial charge in [-0.15, -0.1) is 0 Å². The molecule has 0 unspecified atom stereocenters. The molecule has 0 atom stereocenters. The molecule has 0 aliphatic heterocycles. The zero-order chi connectivity index (χ0) is 15.5. The molecule has 6 nitrogen and oxygen atoms in total. The second kappa shape index (κ2) is 5.58. The van der Waals surface area contributed by atoms with E-state index < -0.39 is 5.76 Å². The topological polar surface area (TPSA) is 88.0 Å². The normalized spacial score (nSPS) is 10.3. The first kappa shape index (κ1) is 13.6. The summed E-state index contributed by atoms with van der Waals surface area (Å²) >= 11 is 0. The number of hydrogen-bond donors (Lipinski definition) is 1. The van der Waals surface area contributed by atoms with Crippen LogP contribution in [0.25, 0.3) is 11.1 Å². The van der Waals surface area contributed by atoms with Crippen LogP contribution in [0.4, 0.5) is 5.69 Å². The van der Waals surface area contributed by atoms with Gasteiger partial charge in [-0.05, 0) is 36.4 Å². The van der Waals surface area contributed by atoms with Gasteiger partial charge in [0.15, 0.2) is 5.58 Å². The standard InChI is InChI=1S/C16H11N3O3/c17-9-11-5-7-12(8-6-11)18-15(20)10-19-13-3-1-2-4-14(13)22-16(19)21/h1-8H,10H2,(H,18,20). The second-order valence-corrected chi connectivity index (χ2v) is 4.66. The summed E-state index contributed by atoms with van der Waals surface area (Å²) in [7, 11) is 0. The van der Waals surface area contributed by atoms with Crippen LogP contribution in [0.2, 0.25) is 0 Å². The minimum Gasteiger partial charge on any atom is -0.408 e. The number of carbonyl (C=O) groups is 1. The van der Waals surface area contributed by atoms with Crippen molar-refractivity contribution in [2.24, 2.45) is 0 Å². The molecule has 22 heavy (non-hydrogen) atoms. The van der Waals surface area contributed by atoms with Crippen LogP contribution < -0.4 is 11.1 Å². The first-order valence-electron chi connectivity index (χ1n) is 6.56. The first-order chi connectivity index (χ1) is 10.7. The maximum Gasteiger partial charge on any atom is 0.420 e. The van der Waals surface area contributed by atoms with E-state index in [2.05, 4.69) is 5.32 Å². The Hall–Kier alpha value is -3.33. The molecule has 1 heterocycles. The summed E-state index contributed by atoms with van der Waals surface area (Å²) in [6.45, 7) is -0.143. The average Bonchev–Trinajstić information content (AvgIpc) is 2.84. The van der Waals surface area contributed by atoms with Crippen LogP contribution in [0.5, 0.6) is 0 Å². The van der Waals surface area contributed by atoms with E-state index in [0.717, 1.165) is 0 Å². The molecular formula is C16H11N3O3. The molecule has 3 aromatic rings. The molecule has 0 radical (unpaired) electrons. The van der Waals surface area contributed by atoms with Gasteiger partial charge in [0.1, 0.15) is 6.54 Å². The molecule has 6 heteroatoms. The zero-order valence-electron chi connectivity index (χ0n) is 11.4. The monoisotopic (exact) mass is 293 g/mol. The number of carbonyl (C=O) groups excluding carboxylic acids is 1. The lowest BCUT2D eigenvalue weighted by Crippen LogP contribution is -2.24. The van der Waals surface area contributed by atoms with E-state index in [4.69, 9.17) is 9.68 Å². The van der Waals surface area contributed by atoms with Crippen molar-refractivity contribution in [1.29, 1.82) is 5.26 Å². The third-order valence-electron chi connectivity index (χ3n) is 3.17. The Kier molecular flexibility index (Phi) is 3.46. The minimum absolute atomic E-state index is 0.143. The van der Waals surface area contributed by atoms with Crippen LogP contribution in [0.1, 0.15) is 5.56 Å². The number of hydrogen-bond acceptors (Lipinski definition) is 4. The molecule has 2 aromatic carbocycles. The highest BCUT2D eigenvalue weighted by Gasteiger charge is 2.12. The van der Waals surface area contributed by atoms with E-state index in [1.54, 1.807) is 48.5 Å². The first-order valence-corrected chi connectivity index (χ1v) is 6.56. The molecule has 0 fully saturated rings. The van der Waals surface area contributed by atoms with Crippen LogP contribution >= 0.6 is 0 Å². The Labute approximate surface area is 125 Å². The smallest absolute Gasteiger partial charge is 0.408 e. The van der Waals surface area contributed by atoms with Gasteiger partial charge in [0.2, 0.25) is 5.91 Å². The van der Waals surface area contributed by atoms with Crippen molar-refractivity contribution in [2.45, 2.75) is 6.54 Å². The number of nitrogens with one attached hydrogen (secondary N) is 1. The lowest BCUT2D eigenvalue weighted by Gasteiger charge is -2.05. The Morgan fingerprint density at radius 1 is 1.18 bits per heavy atom. The Bertz CT molecular complexity index is 930. The van der Waals surface area contributed by atoms with Crippen LogP contribution in [-0.2, 0) is 11.3 Å². The van der Waals surface area contributed by atoms with E-state index in [9.17, 15) is 9.59 Å². The van der Waals surface area contributed by atoms with Crippen molar-refractivity contribution >= 4 is 22.7 Å². The van der Waals surface area contributed by atoms with Crippen molar-refractivity contribution in [3.05, 3.63) is 64.6 Å². The van der Waals surface area contributed by atoms with Gasteiger partial charge in [0.25, 0.3) is 0 Å². The SMILES string of the molecule is N#Cc1ccc(NC(=O)Cn2c(=O)oc3ccccc32)cc1. The molecule has 0 saturated heterocycles. The number of aromatic nitrogens is 1. The molecule has 0 aliphatic carbocycles. The van der Waals surface area contributed by atoms with Gasteiger partial charge in [-0.1, -0.05) is 12.1 Å². The van der Waals surface area contributed by atoms with Gasteiger partial charge >= 0.3 is 5.76 Å². The minimum atomic E-state index is -0.573. The van der Waals surface area contributed by atoms with Crippen LogP contribution in [-0.4, -0.2) is 10.5 Å². The highest BCUT2D eigenvalue weighted by molar-refractivity contribution is 5.91. The zero-order valence-corrected chi connectivity index (χ0v) is 11.4. The van der Waals surface area contributed by atoms with Crippen molar-refractivity contribution in [2.75, 3.05) is 5.32 Å². The maximum absolute atomic E-state index is 12.1. The summed E-state index contributed by atoms with van der Waals surface area (Å²) in [5.41, 5.74) is 2.08. The lowest BCUT2D eigenvalue weighted by atomic mass is 10.2. The van der Waals surface area contributed by atoms with Gasteiger partial charge in [-0.2, -0.15) is 5.26 Å². The maximum atomic E-state index is 12.1. The highest BCUT2D eigenvalue weighted by atomic mass is 16.4. The Morgan fingerprint density at radius 2 is 1.91 bits per heavy atom. The van der Waals surface area contributed by atoms with Crippen molar-refractivity contribution in [1.82, 2.24) is 4.57 Å². The number of amides is 1. The molecule has 0 spiro atoms. The second-order valence-electron chi connectivity index (χ2n) is 4.66. The number of rotatable bonds is 3. The molecule has 1 N–H and O–H groups in total. The van der Waals surface area contributed by atoms with Crippen molar-refractivity contribution < 1.29 is 9.21 Å². The van der Waals surface area contributed by atoms with E-state index >= 15 is 0 Å². The molecule has 1 aromatic heterocycles. The van der Waals surface area contributed by atoms with Crippen LogP contribution in [0, 0.1) is 11.3 Å². The van der Waals surface area contributed by atoms with Crippen molar-refractivity contribution in [3.8, 4) is 6.07 Å². The summed E-state index contributed by atoms with van der Waals surface area (Å²) in [6.07, 6.45) is 0. The van der Waals surface area contributed by atoms with E-state index in [1.165, 1.54) is 4.57 Å². The largest absolute Gasteiger partial charge is 0.420 e. The fourth-order valence-electron chi connectivity index (χ4n) is 2.14. The summed E-state index contributed by atoms with van der Waals surface area (Å²) in [5.74, 6) is -0.922. The number of fused-ring (bicyclic) bond motifs is 1. The molecule has 0 aliphatic rings.